The van der Waals surface area contributed by atoms with E-state index in [0.717, 1.165) is 29.9 Å². The van der Waals surface area contributed by atoms with Crippen molar-refractivity contribution in [3.05, 3.63) is 40.5 Å². The van der Waals surface area contributed by atoms with Gasteiger partial charge >= 0.3 is 12.2 Å². The standard InChI is InChI=1S/C17H19BrF3N3O/c1-3-4-5-10-25-16-22-11-14(17(19,20)21)15(23-16)24(2)13-8-6-12(18)7-9-13/h6-9,11H,3-5,10H2,1-2H3. The molecule has 25 heavy (non-hydrogen) atoms. The van der Waals surface area contributed by atoms with Crippen molar-refractivity contribution in [1.82, 2.24) is 9.97 Å². The van der Waals surface area contributed by atoms with E-state index in [0.29, 0.717) is 12.3 Å². The van der Waals surface area contributed by atoms with Crippen molar-refractivity contribution in [2.45, 2.75) is 32.4 Å². The molecule has 1 aromatic heterocycles. The zero-order valence-electron chi connectivity index (χ0n) is 14.0. The van der Waals surface area contributed by atoms with Crippen LogP contribution in [0.1, 0.15) is 31.7 Å². The highest BCUT2D eigenvalue weighted by Crippen LogP contribution is 2.37. The van der Waals surface area contributed by atoms with Gasteiger partial charge in [0.15, 0.2) is 5.82 Å². The van der Waals surface area contributed by atoms with Crippen LogP contribution in [0.2, 0.25) is 0 Å². The summed E-state index contributed by atoms with van der Waals surface area (Å²) in [6.45, 7) is 2.43. The van der Waals surface area contributed by atoms with Gasteiger partial charge in [-0.15, -0.1) is 0 Å². The Morgan fingerprint density at radius 1 is 1.16 bits per heavy atom. The minimum atomic E-state index is -4.56. The quantitative estimate of drug-likeness (QED) is 0.549. The Labute approximate surface area is 153 Å². The molecule has 0 radical (unpaired) electrons. The summed E-state index contributed by atoms with van der Waals surface area (Å²) >= 11 is 3.31. The van der Waals surface area contributed by atoms with Gasteiger partial charge in [0, 0.05) is 23.4 Å². The van der Waals surface area contributed by atoms with Crippen LogP contribution in [0.15, 0.2) is 34.9 Å². The molecule has 0 N–H and O–H groups in total. The molecule has 2 rings (SSSR count). The minimum Gasteiger partial charge on any atom is -0.463 e. The molecule has 0 saturated carbocycles. The summed E-state index contributed by atoms with van der Waals surface area (Å²) in [4.78, 5) is 9.07. The second-order valence-corrected chi connectivity index (χ2v) is 6.39. The van der Waals surface area contributed by atoms with Gasteiger partial charge < -0.3 is 9.64 Å². The zero-order valence-corrected chi connectivity index (χ0v) is 15.6. The Morgan fingerprint density at radius 3 is 2.44 bits per heavy atom. The average molecular weight is 418 g/mol. The van der Waals surface area contributed by atoms with Crippen LogP contribution in [0, 0.1) is 0 Å². The number of benzene rings is 1. The highest BCUT2D eigenvalue weighted by Gasteiger charge is 2.36. The fraction of sp³-hybridized carbons (Fsp3) is 0.412. The number of aromatic nitrogens is 2. The molecule has 0 bridgehead atoms. The van der Waals surface area contributed by atoms with Crippen LogP contribution in [0.25, 0.3) is 0 Å². The maximum Gasteiger partial charge on any atom is 0.421 e. The first-order valence-electron chi connectivity index (χ1n) is 7.89. The van der Waals surface area contributed by atoms with Gasteiger partial charge in [-0.05, 0) is 30.7 Å². The van der Waals surface area contributed by atoms with Crippen LogP contribution in [-0.4, -0.2) is 23.6 Å². The number of unbranched alkanes of at least 4 members (excludes halogenated alkanes) is 2. The van der Waals surface area contributed by atoms with Crippen molar-refractivity contribution >= 4 is 27.4 Å². The number of hydrogen-bond acceptors (Lipinski definition) is 4. The van der Waals surface area contributed by atoms with Gasteiger partial charge in [0.05, 0.1) is 6.61 Å². The lowest BCUT2D eigenvalue weighted by molar-refractivity contribution is -0.137. The zero-order chi connectivity index (χ0) is 18.4. The summed E-state index contributed by atoms with van der Waals surface area (Å²) in [5, 5.41) is 0. The Hall–Kier alpha value is -1.83. The molecule has 0 saturated heterocycles. The lowest BCUT2D eigenvalue weighted by Gasteiger charge is -2.22. The predicted octanol–water partition coefficient (Wildman–Crippen LogP) is 5.59. The monoisotopic (exact) mass is 417 g/mol. The fourth-order valence-electron chi connectivity index (χ4n) is 2.18. The van der Waals surface area contributed by atoms with Crippen LogP contribution in [-0.2, 0) is 6.18 Å². The molecular formula is C17H19BrF3N3O. The normalized spacial score (nSPS) is 11.4. The number of ether oxygens (including phenoxy) is 1. The summed E-state index contributed by atoms with van der Waals surface area (Å²) in [6, 6.07) is 6.86. The van der Waals surface area contributed by atoms with Crippen molar-refractivity contribution in [2.24, 2.45) is 0 Å². The van der Waals surface area contributed by atoms with Crippen molar-refractivity contribution in [3.63, 3.8) is 0 Å². The molecule has 136 valence electrons. The van der Waals surface area contributed by atoms with E-state index in [-0.39, 0.29) is 11.8 Å². The third kappa shape index (κ3) is 5.32. The molecule has 8 heteroatoms. The maximum absolute atomic E-state index is 13.3. The second kappa shape index (κ2) is 8.51. The first-order valence-corrected chi connectivity index (χ1v) is 8.68. The lowest BCUT2D eigenvalue weighted by atomic mass is 10.2. The van der Waals surface area contributed by atoms with E-state index < -0.39 is 11.7 Å². The van der Waals surface area contributed by atoms with E-state index >= 15 is 0 Å². The number of rotatable bonds is 7. The smallest absolute Gasteiger partial charge is 0.421 e. The summed E-state index contributed by atoms with van der Waals surface area (Å²) in [5.41, 5.74) is -0.330. The maximum atomic E-state index is 13.3. The van der Waals surface area contributed by atoms with E-state index in [1.54, 1.807) is 24.3 Å². The fourth-order valence-corrected chi connectivity index (χ4v) is 2.45. The summed E-state index contributed by atoms with van der Waals surface area (Å²) in [5.74, 6) is -0.240. The highest BCUT2D eigenvalue weighted by atomic mass is 79.9. The van der Waals surface area contributed by atoms with Gasteiger partial charge in [0.1, 0.15) is 5.56 Å². The Morgan fingerprint density at radius 2 is 1.84 bits per heavy atom. The molecule has 0 fully saturated rings. The third-order valence-electron chi connectivity index (χ3n) is 3.56. The van der Waals surface area contributed by atoms with Crippen LogP contribution in [0.5, 0.6) is 6.01 Å². The molecule has 0 atom stereocenters. The first kappa shape index (κ1) is 19.5. The average Bonchev–Trinajstić information content (AvgIpc) is 2.58. The number of hydrogen-bond donors (Lipinski definition) is 0. The number of halogens is 4. The highest BCUT2D eigenvalue weighted by molar-refractivity contribution is 9.10. The van der Waals surface area contributed by atoms with Gasteiger partial charge in [0.25, 0.3) is 0 Å². The first-order chi connectivity index (χ1) is 11.8. The van der Waals surface area contributed by atoms with Crippen LogP contribution in [0.4, 0.5) is 24.7 Å². The molecular weight excluding hydrogens is 399 g/mol. The van der Waals surface area contributed by atoms with Gasteiger partial charge in [-0.3, -0.25) is 0 Å². The minimum absolute atomic E-state index is 0.0527. The Bertz CT molecular complexity index is 693. The SMILES string of the molecule is CCCCCOc1ncc(C(F)(F)F)c(N(C)c2ccc(Br)cc2)n1. The molecule has 0 aliphatic heterocycles. The Balaban J connectivity index is 2.32. The molecule has 2 aromatic rings. The van der Waals surface area contributed by atoms with E-state index in [1.807, 2.05) is 0 Å². The van der Waals surface area contributed by atoms with Gasteiger partial charge in [-0.2, -0.15) is 18.2 Å². The largest absolute Gasteiger partial charge is 0.463 e. The summed E-state index contributed by atoms with van der Waals surface area (Å²) < 4.78 is 46.2. The molecule has 0 aliphatic carbocycles. The van der Waals surface area contributed by atoms with Crippen molar-refractivity contribution in [1.29, 1.82) is 0 Å². The van der Waals surface area contributed by atoms with Gasteiger partial charge in [0.2, 0.25) is 0 Å². The van der Waals surface area contributed by atoms with E-state index in [1.165, 1.54) is 11.9 Å². The molecule has 0 amide bonds. The molecule has 0 aliphatic rings. The van der Waals surface area contributed by atoms with E-state index in [9.17, 15) is 13.2 Å². The topological polar surface area (TPSA) is 38.2 Å². The van der Waals surface area contributed by atoms with E-state index in [4.69, 9.17) is 4.74 Å². The Kier molecular flexibility index (Phi) is 6.64. The lowest BCUT2D eigenvalue weighted by Crippen LogP contribution is -2.19. The van der Waals surface area contributed by atoms with E-state index in [2.05, 4.69) is 32.8 Å². The molecule has 1 heterocycles. The van der Waals surface area contributed by atoms with Crippen LogP contribution in [0.3, 0.4) is 0 Å². The second-order valence-electron chi connectivity index (χ2n) is 5.48. The third-order valence-corrected chi connectivity index (χ3v) is 4.09. The number of nitrogens with zero attached hydrogens (tertiary/aromatic N) is 3. The van der Waals surface area contributed by atoms with Crippen LogP contribution >= 0.6 is 15.9 Å². The molecule has 4 nitrogen and oxygen atoms in total. The summed E-state index contributed by atoms with van der Waals surface area (Å²) in [6.07, 6.45) is -0.980. The summed E-state index contributed by atoms with van der Waals surface area (Å²) in [7, 11) is 1.53. The van der Waals surface area contributed by atoms with Gasteiger partial charge in [-0.1, -0.05) is 35.7 Å². The number of alkyl halides is 3. The van der Waals surface area contributed by atoms with Crippen molar-refractivity contribution in [2.75, 3.05) is 18.6 Å². The van der Waals surface area contributed by atoms with Crippen LogP contribution < -0.4 is 9.64 Å². The molecule has 0 unspecified atom stereocenters. The number of anilines is 2. The van der Waals surface area contributed by atoms with Crippen molar-refractivity contribution in [3.8, 4) is 6.01 Å². The predicted molar refractivity (Wildman–Crippen MR) is 94.3 cm³/mol. The van der Waals surface area contributed by atoms with Crippen molar-refractivity contribution < 1.29 is 17.9 Å². The molecule has 0 spiro atoms. The van der Waals surface area contributed by atoms with Gasteiger partial charge in [-0.25, -0.2) is 4.98 Å². The molecule has 1 aromatic carbocycles.